The van der Waals surface area contributed by atoms with Crippen LogP contribution in [0.25, 0.3) is 11.0 Å². The number of fused-ring (bicyclic) bond motifs is 1. The first-order valence-electron chi connectivity index (χ1n) is 10.2. The fourth-order valence-electron chi connectivity index (χ4n) is 3.82. The highest BCUT2D eigenvalue weighted by Crippen LogP contribution is 2.32. The third-order valence-electron chi connectivity index (χ3n) is 5.49. The van der Waals surface area contributed by atoms with Gasteiger partial charge in [-0.1, -0.05) is 12.1 Å². The fourth-order valence-corrected chi connectivity index (χ4v) is 3.82. The number of piperazine rings is 1. The predicted octanol–water partition coefficient (Wildman–Crippen LogP) is 3.63. The van der Waals surface area contributed by atoms with Crippen molar-refractivity contribution in [2.45, 2.75) is 26.1 Å². The number of hydrogen-bond donors (Lipinski definition) is 0. The molecule has 1 saturated heterocycles. The van der Waals surface area contributed by atoms with Gasteiger partial charge in [-0.2, -0.15) is 18.3 Å². The van der Waals surface area contributed by atoms with Gasteiger partial charge in [-0.25, -0.2) is 9.67 Å². The van der Waals surface area contributed by atoms with E-state index >= 15 is 0 Å². The molecule has 168 valence electrons. The number of amides is 2. The molecule has 0 radical (unpaired) electrons. The Balaban J connectivity index is 1.46. The highest BCUT2D eigenvalue weighted by atomic mass is 19.4. The number of alkyl halides is 3. The molecule has 0 unspecified atom stereocenters. The average molecular weight is 445 g/mol. The Morgan fingerprint density at radius 2 is 1.59 bits per heavy atom. The summed E-state index contributed by atoms with van der Waals surface area (Å²) in [7, 11) is 0. The summed E-state index contributed by atoms with van der Waals surface area (Å²) in [5, 5.41) is 5.05. The van der Waals surface area contributed by atoms with Gasteiger partial charge in [-0.05, 0) is 32.0 Å². The van der Waals surface area contributed by atoms with Gasteiger partial charge < -0.3 is 9.80 Å². The zero-order valence-corrected chi connectivity index (χ0v) is 17.6. The van der Waals surface area contributed by atoms with Crippen LogP contribution in [-0.4, -0.2) is 62.6 Å². The molecule has 0 bridgehead atoms. The zero-order chi connectivity index (χ0) is 23.0. The van der Waals surface area contributed by atoms with Crippen molar-refractivity contribution in [2.75, 3.05) is 26.2 Å². The number of rotatable bonds is 3. The molecule has 7 nitrogen and oxygen atoms in total. The smallest absolute Gasteiger partial charge is 0.335 e. The molecule has 2 amide bonds. The van der Waals surface area contributed by atoms with Crippen LogP contribution in [0.2, 0.25) is 0 Å². The number of aromatic nitrogens is 3. The molecule has 4 rings (SSSR count). The van der Waals surface area contributed by atoms with Gasteiger partial charge in [-0.3, -0.25) is 9.59 Å². The van der Waals surface area contributed by atoms with Crippen molar-refractivity contribution in [3.63, 3.8) is 0 Å². The van der Waals surface area contributed by atoms with Crippen LogP contribution < -0.4 is 0 Å². The first-order valence-corrected chi connectivity index (χ1v) is 10.2. The maximum absolute atomic E-state index is 13.3. The van der Waals surface area contributed by atoms with E-state index in [9.17, 15) is 22.8 Å². The van der Waals surface area contributed by atoms with Crippen LogP contribution in [0.3, 0.4) is 0 Å². The van der Waals surface area contributed by atoms with E-state index in [0.29, 0.717) is 11.2 Å². The van der Waals surface area contributed by atoms with Crippen molar-refractivity contribution in [3.8, 4) is 0 Å². The molecule has 0 aliphatic carbocycles. The second kappa shape index (κ2) is 8.25. The maximum Gasteiger partial charge on any atom is 0.417 e. The second-order valence-electron chi connectivity index (χ2n) is 7.95. The van der Waals surface area contributed by atoms with Crippen LogP contribution in [0.15, 0.2) is 42.7 Å². The largest absolute Gasteiger partial charge is 0.417 e. The summed E-state index contributed by atoms with van der Waals surface area (Å²) in [6.07, 6.45) is -1.45. The summed E-state index contributed by atoms with van der Waals surface area (Å²) in [6, 6.07) is 6.61. The van der Waals surface area contributed by atoms with Crippen molar-refractivity contribution >= 4 is 22.8 Å². The topological polar surface area (TPSA) is 71.3 Å². The van der Waals surface area contributed by atoms with Crippen molar-refractivity contribution < 1.29 is 22.8 Å². The summed E-state index contributed by atoms with van der Waals surface area (Å²) in [6.45, 7) is 4.72. The number of pyridine rings is 1. The quantitative estimate of drug-likeness (QED) is 0.617. The standard InChI is InChI=1S/C22H22F3N5O2/c1-14(2)30-19-15(13-27-30)11-16(12-26-19)20(31)28-7-9-29(10-8-28)21(32)17-5-3-4-6-18(17)22(23,24)25/h3-6,11-14H,7-10H2,1-2H3. The van der Waals surface area contributed by atoms with E-state index < -0.39 is 17.6 Å². The molecule has 0 saturated carbocycles. The number of carbonyl (C=O) groups excluding carboxylic acids is 2. The number of carbonyl (C=O) groups is 2. The Kier molecular flexibility index (Phi) is 5.62. The predicted molar refractivity (Wildman–Crippen MR) is 111 cm³/mol. The van der Waals surface area contributed by atoms with Crippen LogP contribution >= 0.6 is 0 Å². The van der Waals surface area contributed by atoms with E-state index in [-0.39, 0.29) is 43.7 Å². The third kappa shape index (κ3) is 4.04. The van der Waals surface area contributed by atoms with Gasteiger partial charge in [0.1, 0.15) is 0 Å². The number of benzene rings is 1. The number of halogens is 3. The van der Waals surface area contributed by atoms with Crippen LogP contribution in [0.4, 0.5) is 13.2 Å². The van der Waals surface area contributed by atoms with Crippen molar-refractivity contribution in [1.82, 2.24) is 24.6 Å². The van der Waals surface area contributed by atoms with Gasteiger partial charge >= 0.3 is 6.18 Å². The highest BCUT2D eigenvalue weighted by molar-refractivity contribution is 5.98. The Hall–Kier alpha value is -3.43. The number of hydrogen-bond acceptors (Lipinski definition) is 4. The van der Waals surface area contributed by atoms with E-state index in [1.54, 1.807) is 21.8 Å². The molecule has 3 aromatic rings. The Labute approximate surface area is 182 Å². The van der Waals surface area contributed by atoms with Gasteiger partial charge in [0.15, 0.2) is 5.65 Å². The monoisotopic (exact) mass is 445 g/mol. The minimum Gasteiger partial charge on any atom is -0.335 e. The molecule has 10 heteroatoms. The van der Waals surface area contributed by atoms with Crippen LogP contribution in [0.5, 0.6) is 0 Å². The number of nitrogens with zero attached hydrogens (tertiary/aromatic N) is 5. The van der Waals surface area contributed by atoms with E-state index in [1.165, 1.54) is 29.3 Å². The third-order valence-corrected chi connectivity index (χ3v) is 5.49. The van der Waals surface area contributed by atoms with E-state index in [0.717, 1.165) is 11.5 Å². The molecule has 2 aromatic heterocycles. The minimum absolute atomic E-state index is 0.134. The summed E-state index contributed by atoms with van der Waals surface area (Å²) in [5.74, 6) is -0.923. The van der Waals surface area contributed by atoms with Gasteiger partial charge in [0, 0.05) is 43.8 Å². The summed E-state index contributed by atoms with van der Waals surface area (Å²) in [5.41, 5.74) is -0.236. The molecule has 0 atom stereocenters. The Bertz CT molecular complexity index is 1160. The normalized spacial score (nSPS) is 14.9. The first-order chi connectivity index (χ1) is 15.2. The Morgan fingerprint density at radius 3 is 2.22 bits per heavy atom. The molecule has 32 heavy (non-hydrogen) atoms. The van der Waals surface area contributed by atoms with Crippen LogP contribution in [-0.2, 0) is 6.18 Å². The van der Waals surface area contributed by atoms with E-state index in [4.69, 9.17) is 0 Å². The lowest BCUT2D eigenvalue weighted by Crippen LogP contribution is -2.50. The lowest BCUT2D eigenvalue weighted by molar-refractivity contribution is -0.138. The second-order valence-corrected chi connectivity index (χ2v) is 7.95. The van der Waals surface area contributed by atoms with Gasteiger partial charge in [0.25, 0.3) is 11.8 Å². The fraction of sp³-hybridized carbons (Fsp3) is 0.364. The van der Waals surface area contributed by atoms with E-state index in [1.807, 2.05) is 13.8 Å². The first kappa shape index (κ1) is 21.8. The van der Waals surface area contributed by atoms with Gasteiger partial charge in [0.2, 0.25) is 0 Å². The molecule has 1 aromatic carbocycles. The molecule has 1 aliphatic heterocycles. The lowest BCUT2D eigenvalue weighted by atomic mass is 10.1. The highest BCUT2D eigenvalue weighted by Gasteiger charge is 2.36. The molecule has 0 spiro atoms. The van der Waals surface area contributed by atoms with Gasteiger partial charge in [0.05, 0.1) is 22.9 Å². The van der Waals surface area contributed by atoms with Crippen molar-refractivity contribution in [2.24, 2.45) is 0 Å². The zero-order valence-electron chi connectivity index (χ0n) is 17.6. The van der Waals surface area contributed by atoms with Crippen molar-refractivity contribution in [3.05, 3.63) is 59.4 Å². The van der Waals surface area contributed by atoms with Crippen molar-refractivity contribution in [1.29, 1.82) is 0 Å². The maximum atomic E-state index is 13.3. The van der Waals surface area contributed by atoms with Gasteiger partial charge in [-0.15, -0.1) is 0 Å². The minimum atomic E-state index is -4.61. The molecule has 0 N–H and O–H groups in total. The van der Waals surface area contributed by atoms with E-state index in [2.05, 4.69) is 10.1 Å². The molecular formula is C22H22F3N5O2. The molecule has 3 heterocycles. The molecular weight excluding hydrogens is 423 g/mol. The Morgan fingerprint density at radius 1 is 0.969 bits per heavy atom. The summed E-state index contributed by atoms with van der Waals surface area (Å²) >= 11 is 0. The molecule has 1 aliphatic rings. The molecule has 1 fully saturated rings. The van der Waals surface area contributed by atoms with Crippen LogP contribution in [0.1, 0.15) is 46.2 Å². The lowest BCUT2D eigenvalue weighted by Gasteiger charge is -2.35. The SMILES string of the molecule is CC(C)n1ncc2cc(C(=O)N3CCN(C(=O)c4ccccc4C(F)(F)F)CC3)cnc21. The summed E-state index contributed by atoms with van der Waals surface area (Å²) < 4.78 is 41.5. The summed E-state index contributed by atoms with van der Waals surface area (Å²) in [4.78, 5) is 32.9. The van der Waals surface area contributed by atoms with Crippen LogP contribution in [0, 0.1) is 0 Å². The average Bonchev–Trinajstić information content (AvgIpc) is 3.21.